The lowest BCUT2D eigenvalue weighted by Crippen LogP contribution is -2.51. The van der Waals surface area contributed by atoms with Crippen LogP contribution in [-0.2, 0) is 9.59 Å². The van der Waals surface area contributed by atoms with Crippen LogP contribution in [0.4, 0.5) is 10.6 Å². The van der Waals surface area contributed by atoms with Crippen molar-refractivity contribution >= 4 is 23.7 Å². The Balaban J connectivity index is 1.24. The fourth-order valence-corrected chi connectivity index (χ4v) is 4.85. The summed E-state index contributed by atoms with van der Waals surface area (Å²) in [7, 11) is 0. The van der Waals surface area contributed by atoms with Crippen LogP contribution in [0.1, 0.15) is 69.8 Å². The molecule has 180 valence electrons. The molecule has 1 aromatic rings. The summed E-state index contributed by atoms with van der Waals surface area (Å²) in [6.45, 7) is 10.0. The van der Waals surface area contributed by atoms with E-state index in [2.05, 4.69) is 39.4 Å². The number of imide groups is 1. The first kappa shape index (κ1) is 23.4. The van der Waals surface area contributed by atoms with Gasteiger partial charge in [0.05, 0.1) is 0 Å². The highest BCUT2D eigenvalue weighted by Gasteiger charge is 2.52. The summed E-state index contributed by atoms with van der Waals surface area (Å²) in [6.07, 6.45) is 4.40. The maximum absolute atomic E-state index is 12.8. The number of carbonyl (C=O) groups excluding carboxylic acids is 3. The van der Waals surface area contributed by atoms with E-state index < -0.39 is 11.6 Å². The second-order valence-corrected chi connectivity index (χ2v) is 9.71. The van der Waals surface area contributed by atoms with E-state index in [1.54, 1.807) is 0 Å². The van der Waals surface area contributed by atoms with Gasteiger partial charge in [-0.1, -0.05) is 33.1 Å². The summed E-state index contributed by atoms with van der Waals surface area (Å²) in [5, 5.41) is 3.70. The van der Waals surface area contributed by atoms with E-state index >= 15 is 0 Å². The molecule has 0 unspecified atom stereocenters. The Labute approximate surface area is 195 Å². The number of hydrogen-bond donors (Lipinski definition) is 2. The average molecular weight is 458 g/mol. The van der Waals surface area contributed by atoms with E-state index in [-0.39, 0.29) is 24.2 Å². The molecule has 2 saturated heterocycles. The second-order valence-electron chi connectivity index (χ2n) is 9.71. The van der Waals surface area contributed by atoms with Gasteiger partial charge in [0.1, 0.15) is 17.2 Å². The van der Waals surface area contributed by atoms with Crippen LogP contribution in [0.2, 0.25) is 0 Å². The van der Waals surface area contributed by atoms with Gasteiger partial charge in [0.25, 0.3) is 5.91 Å². The summed E-state index contributed by atoms with van der Waals surface area (Å²) >= 11 is 0. The van der Waals surface area contributed by atoms with Crippen LogP contribution in [0, 0.1) is 6.92 Å². The van der Waals surface area contributed by atoms with Crippen LogP contribution >= 0.6 is 0 Å². The number of nitrogens with one attached hydrogen (secondary N) is 2. The highest BCUT2D eigenvalue weighted by molar-refractivity contribution is 6.08. The quantitative estimate of drug-likeness (QED) is 0.626. The predicted molar refractivity (Wildman–Crippen MR) is 123 cm³/mol. The Morgan fingerprint density at radius 1 is 1.12 bits per heavy atom. The van der Waals surface area contributed by atoms with Crippen molar-refractivity contribution in [2.24, 2.45) is 0 Å². The molecule has 10 nitrogen and oxygen atoms in total. The number of nitrogens with zero attached hydrogens (tertiary/aromatic N) is 5. The standard InChI is InChI=1S/C23H35N7O3/c1-16(2)20-24-17(3)15-18(25-20)29-13-11-28(12-14-29)10-7-19(31)27-30-21(32)23(26-22(30)33)8-5-4-6-9-23/h15-16H,4-14H2,1-3H3,(H,26,33)(H,27,31). The number of aromatic nitrogens is 2. The third kappa shape index (κ3) is 5.10. The smallest absolute Gasteiger partial charge is 0.344 e. The van der Waals surface area contributed by atoms with Crippen molar-refractivity contribution in [2.45, 2.75) is 70.8 Å². The predicted octanol–water partition coefficient (Wildman–Crippen LogP) is 1.71. The lowest BCUT2D eigenvalue weighted by molar-refractivity contribution is -0.140. The van der Waals surface area contributed by atoms with Gasteiger partial charge in [-0.05, 0) is 19.8 Å². The van der Waals surface area contributed by atoms with Crippen LogP contribution in [0.25, 0.3) is 0 Å². The second kappa shape index (κ2) is 9.62. The van der Waals surface area contributed by atoms with Crippen molar-refractivity contribution in [1.29, 1.82) is 0 Å². The van der Waals surface area contributed by atoms with Gasteiger partial charge in [-0.2, -0.15) is 5.01 Å². The molecule has 0 aromatic carbocycles. The Morgan fingerprint density at radius 2 is 1.82 bits per heavy atom. The number of anilines is 1. The fraction of sp³-hybridized carbons (Fsp3) is 0.696. The molecule has 0 bridgehead atoms. The minimum atomic E-state index is -0.826. The molecule has 4 amide bonds. The summed E-state index contributed by atoms with van der Waals surface area (Å²) in [5.74, 6) is 1.45. The topological polar surface area (TPSA) is 111 Å². The average Bonchev–Trinajstić information content (AvgIpc) is 3.01. The zero-order chi connectivity index (χ0) is 23.6. The van der Waals surface area contributed by atoms with Crippen LogP contribution < -0.4 is 15.6 Å². The number of piperazine rings is 1. The molecule has 3 fully saturated rings. The van der Waals surface area contributed by atoms with Gasteiger partial charge in [0.2, 0.25) is 5.91 Å². The zero-order valence-corrected chi connectivity index (χ0v) is 19.9. The minimum Gasteiger partial charge on any atom is -0.354 e. The van der Waals surface area contributed by atoms with Gasteiger partial charge in [-0.15, -0.1) is 0 Å². The summed E-state index contributed by atoms with van der Waals surface area (Å²) in [5.41, 5.74) is 2.67. The SMILES string of the molecule is Cc1cc(N2CCN(CCC(=O)NN3C(=O)NC4(CCCCC4)C3=O)CC2)nc(C(C)C)n1. The highest BCUT2D eigenvalue weighted by atomic mass is 16.2. The van der Waals surface area contributed by atoms with Crippen molar-refractivity contribution in [2.75, 3.05) is 37.6 Å². The van der Waals surface area contributed by atoms with Gasteiger partial charge in [-0.25, -0.2) is 14.8 Å². The first-order valence-electron chi connectivity index (χ1n) is 12.1. The van der Waals surface area contributed by atoms with Crippen LogP contribution in [0.15, 0.2) is 6.07 Å². The molecular formula is C23H35N7O3. The number of hydrazine groups is 1. The molecule has 0 atom stereocenters. The zero-order valence-electron chi connectivity index (χ0n) is 19.9. The van der Waals surface area contributed by atoms with Crippen molar-refractivity contribution in [3.05, 3.63) is 17.6 Å². The van der Waals surface area contributed by atoms with Crippen molar-refractivity contribution in [3.8, 4) is 0 Å². The number of hydrogen-bond acceptors (Lipinski definition) is 7. The van der Waals surface area contributed by atoms with Crippen LogP contribution in [0.5, 0.6) is 0 Å². The Kier molecular flexibility index (Phi) is 6.83. The Bertz CT molecular complexity index is 905. The highest BCUT2D eigenvalue weighted by Crippen LogP contribution is 2.33. The number of rotatable bonds is 6. The molecule has 1 aliphatic carbocycles. The molecule has 1 saturated carbocycles. The number of amides is 4. The van der Waals surface area contributed by atoms with Gasteiger partial charge in [0, 0.05) is 56.8 Å². The van der Waals surface area contributed by atoms with Crippen LogP contribution in [-0.4, -0.2) is 76.0 Å². The molecule has 3 aliphatic rings. The van der Waals surface area contributed by atoms with E-state index in [9.17, 15) is 14.4 Å². The Hall–Kier alpha value is -2.75. The van der Waals surface area contributed by atoms with Gasteiger partial charge < -0.3 is 10.2 Å². The van der Waals surface area contributed by atoms with E-state index in [0.29, 0.717) is 19.4 Å². The Morgan fingerprint density at radius 3 is 2.48 bits per heavy atom. The summed E-state index contributed by atoms with van der Waals surface area (Å²) in [6, 6.07) is 1.50. The molecule has 0 radical (unpaired) electrons. The molecule has 3 heterocycles. The molecule has 10 heteroatoms. The number of carbonyl (C=O) groups is 3. The summed E-state index contributed by atoms with van der Waals surface area (Å²) in [4.78, 5) is 51.3. The maximum Gasteiger partial charge on any atom is 0.344 e. The van der Waals surface area contributed by atoms with Crippen LogP contribution in [0.3, 0.4) is 0 Å². The van der Waals surface area contributed by atoms with E-state index in [4.69, 9.17) is 4.98 Å². The molecule has 2 aliphatic heterocycles. The lowest BCUT2D eigenvalue weighted by Gasteiger charge is -2.35. The number of urea groups is 1. The molecule has 4 rings (SSSR count). The van der Waals surface area contributed by atoms with E-state index in [1.807, 2.05) is 13.0 Å². The minimum absolute atomic E-state index is 0.230. The maximum atomic E-state index is 12.8. The molecule has 33 heavy (non-hydrogen) atoms. The first-order valence-corrected chi connectivity index (χ1v) is 12.1. The largest absolute Gasteiger partial charge is 0.354 e. The fourth-order valence-electron chi connectivity index (χ4n) is 4.85. The molecular weight excluding hydrogens is 422 g/mol. The normalized spacial score (nSPS) is 21.1. The van der Waals surface area contributed by atoms with E-state index in [1.165, 1.54) is 0 Å². The number of aryl methyl sites for hydroxylation is 1. The first-order chi connectivity index (χ1) is 15.8. The molecule has 1 aromatic heterocycles. The van der Waals surface area contributed by atoms with Crippen molar-refractivity contribution < 1.29 is 14.4 Å². The lowest BCUT2D eigenvalue weighted by atomic mass is 9.82. The third-order valence-electron chi connectivity index (χ3n) is 6.83. The molecule has 2 N–H and O–H groups in total. The monoisotopic (exact) mass is 457 g/mol. The summed E-state index contributed by atoms with van der Waals surface area (Å²) < 4.78 is 0. The van der Waals surface area contributed by atoms with Gasteiger partial charge in [0.15, 0.2) is 0 Å². The van der Waals surface area contributed by atoms with Crippen molar-refractivity contribution in [3.63, 3.8) is 0 Å². The van der Waals surface area contributed by atoms with E-state index in [0.717, 1.165) is 67.8 Å². The van der Waals surface area contributed by atoms with Crippen molar-refractivity contribution in [1.82, 2.24) is 30.6 Å². The van der Waals surface area contributed by atoms with Gasteiger partial charge >= 0.3 is 6.03 Å². The van der Waals surface area contributed by atoms with Gasteiger partial charge in [-0.3, -0.25) is 19.9 Å². The third-order valence-corrected chi connectivity index (χ3v) is 6.83. The molecule has 1 spiro atoms.